The number of piperidine rings is 3. The topological polar surface area (TPSA) is 41.6 Å². The fourth-order valence-electron chi connectivity index (χ4n) is 3.68. The van der Waals surface area contributed by atoms with Gasteiger partial charge in [0.15, 0.2) is 0 Å². The summed E-state index contributed by atoms with van der Waals surface area (Å²) in [6.07, 6.45) is 2.17. The van der Waals surface area contributed by atoms with Gasteiger partial charge in [0.2, 0.25) is 0 Å². The molecular weight excluding hydrogens is 264 g/mol. The molecule has 114 valence electrons. The standard InChI is InChI=1S/C17H24N2O2/c1-2-21-16(20)17(13-19-10-8-15(17)9-11-19)18-12-14-6-4-3-5-7-14/h3-7,15,18H,2,8-13H2,1H3. The summed E-state index contributed by atoms with van der Waals surface area (Å²) < 4.78 is 5.40. The van der Waals surface area contributed by atoms with Gasteiger partial charge in [0.1, 0.15) is 5.54 Å². The molecule has 0 aromatic heterocycles. The monoisotopic (exact) mass is 288 g/mol. The lowest BCUT2D eigenvalue weighted by Gasteiger charge is -2.51. The molecule has 0 amide bonds. The summed E-state index contributed by atoms with van der Waals surface area (Å²) in [7, 11) is 0. The second kappa shape index (κ2) is 6.16. The number of carbonyl (C=O) groups is 1. The Labute approximate surface area is 126 Å². The van der Waals surface area contributed by atoms with Gasteiger partial charge in [0.05, 0.1) is 6.61 Å². The fourth-order valence-corrected chi connectivity index (χ4v) is 3.68. The van der Waals surface area contributed by atoms with E-state index in [9.17, 15) is 4.79 Å². The Balaban J connectivity index is 1.78. The highest BCUT2D eigenvalue weighted by molar-refractivity contribution is 5.82. The number of esters is 1. The Morgan fingerprint density at radius 3 is 2.62 bits per heavy atom. The number of fused-ring (bicyclic) bond motifs is 3. The van der Waals surface area contributed by atoms with Gasteiger partial charge < -0.3 is 9.64 Å². The van der Waals surface area contributed by atoms with Crippen molar-refractivity contribution in [3.8, 4) is 0 Å². The lowest BCUT2D eigenvalue weighted by atomic mass is 9.72. The molecule has 0 aliphatic carbocycles. The molecule has 3 fully saturated rings. The molecule has 1 aromatic carbocycles. The number of nitrogens with one attached hydrogen (secondary N) is 1. The molecule has 1 atom stereocenters. The average Bonchev–Trinajstić information content (AvgIpc) is 2.55. The van der Waals surface area contributed by atoms with Crippen LogP contribution in [0, 0.1) is 5.92 Å². The van der Waals surface area contributed by atoms with Crippen LogP contribution in [0.5, 0.6) is 0 Å². The Hall–Kier alpha value is -1.39. The molecule has 0 saturated carbocycles. The molecule has 0 spiro atoms. The number of carbonyl (C=O) groups excluding carboxylic acids is 1. The number of benzene rings is 1. The van der Waals surface area contributed by atoms with Crippen LogP contribution in [-0.2, 0) is 16.1 Å². The van der Waals surface area contributed by atoms with E-state index in [2.05, 4.69) is 22.3 Å². The van der Waals surface area contributed by atoms with Gasteiger partial charge in [-0.05, 0) is 44.3 Å². The third kappa shape index (κ3) is 2.83. The number of rotatable bonds is 5. The van der Waals surface area contributed by atoms with Crippen LogP contribution in [0.25, 0.3) is 0 Å². The van der Waals surface area contributed by atoms with Crippen molar-refractivity contribution < 1.29 is 9.53 Å². The Morgan fingerprint density at radius 2 is 2.05 bits per heavy atom. The fraction of sp³-hybridized carbons (Fsp3) is 0.588. The Kier molecular flexibility index (Phi) is 4.27. The summed E-state index contributed by atoms with van der Waals surface area (Å²) in [6.45, 7) is 6.04. The second-order valence-electron chi connectivity index (χ2n) is 6.08. The van der Waals surface area contributed by atoms with Gasteiger partial charge in [-0.2, -0.15) is 0 Å². The van der Waals surface area contributed by atoms with Gasteiger partial charge in [-0.3, -0.25) is 5.32 Å². The normalized spacial score (nSPS) is 31.1. The number of hydrogen-bond donors (Lipinski definition) is 1. The molecule has 4 rings (SSSR count). The van der Waals surface area contributed by atoms with E-state index in [4.69, 9.17) is 4.74 Å². The van der Waals surface area contributed by atoms with Crippen LogP contribution in [0.3, 0.4) is 0 Å². The molecule has 2 bridgehead atoms. The molecule has 1 unspecified atom stereocenters. The van der Waals surface area contributed by atoms with Crippen LogP contribution in [0.1, 0.15) is 25.3 Å². The maximum absolute atomic E-state index is 12.6. The number of nitrogens with zero attached hydrogens (tertiary/aromatic N) is 1. The molecule has 1 aromatic rings. The number of hydrogen-bond acceptors (Lipinski definition) is 4. The highest BCUT2D eigenvalue weighted by atomic mass is 16.5. The first-order chi connectivity index (χ1) is 10.2. The van der Waals surface area contributed by atoms with Crippen molar-refractivity contribution >= 4 is 5.97 Å². The zero-order valence-corrected chi connectivity index (χ0v) is 12.7. The minimum atomic E-state index is -0.525. The van der Waals surface area contributed by atoms with Gasteiger partial charge in [0.25, 0.3) is 0 Å². The molecule has 4 heteroatoms. The van der Waals surface area contributed by atoms with E-state index in [1.807, 2.05) is 25.1 Å². The van der Waals surface area contributed by atoms with Crippen molar-refractivity contribution in [2.24, 2.45) is 5.92 Å². The van der Waals surface area contributed by atoms with Gasteiger partial charge in [-0.1, -0.05) is 30.3 Å². The van der Waals surface area contributed by atoms with Crippen LogP contribution in [0.2, 0.25) is 0 Å². The summed E-state index contributed by atoms with van der Waals surface area (Å²) in [5.41, 5.74) is 0.681. The van der Waals surface area contributed by atoms with E-state index < -0.39 is 5.54 Å². The molecule has 1 N–H and O–H groups in total. The molecule has 3 aliphatic heterocycles. The van der Waals surface area contributed by atoms with Crippen LogP contribution < -0.4 is 5.32 Å². The predicted octanol–water partition coefficient (Wildman–Crippen LogP) is 1.80. The largest absolute Gasteiger partial charge is 0.465 e. The Bertz CT molecular complexity index is 483. The lowest BCUT2D eigenvalue weighted by Crippen LogP contribution is -2.69. The van der Waals surface area contributed by atoms with Crippen LogP contribution in [-0.4, -0.2) is 42.6 Å². The summed E-state index contributed by atoms with van der Waals surface area (Å²) >= 11 is 0. The highest BCUT2D eigenvalue weighted by Gasteiger charge is 2.52. The summed E-state index contributed by atoms with van der Waals surface area (Å²) in [5.74, 6) is 0.320. The average molecular weight is 288 g/mol. The minimum Gasteiger partial charge on any atom is -0.465 e. The van der Waals surface area contributed by atoms with Crippen molar-refractivity contribution in [1.29, 1.82) is 0 Å². The number of ether oxygens (including phenoxy) is 1. The highest BCUT2D eigenvalue weighted by Crippen LogP contribution is 2.36. The zero-order valence-electron chi connectivity index (χ0n) is 12.7. The molecule has 4 nitrogen and oxygen atoms in total. The first-order valence-corrected chi connectivity index (χ1v) is 7.93. The molecular formula is C17H24N2O2. The van der Waals surface area contributed by atoms with Crippen molar-refractivity contribution in [1.82, 2.24) is 10.2 Å². The van der Waals surface area contributed by atoms with E-state index in [-0.39, 0.29) is 5.97 Å². The minimum absolute atomic E-state index is 0.0738. The smallest absolute Gasteiger partial charge is 0.327 e. The predicted molar refractivity (Wildman–Crippen MR) is 81.8 cm³/mol. The van der Waals surface area contributed by atoms with E-state index in [0.29, 0.717) is 19.1 Å². The van der Waals surface area contributed by atoms with E-state index in [0.717, 1.165) is 32.5 Å². The lowest BCUT2D eigenvalue weighted by molar-refractivity contribution is -0.160. The van der Waals surface area contributed by atoms with Gasteiger partial charge >= 0.3 is 5.97 Å². The summed E-state index contributed by atoms with van der Waals surface area (Å²) in [5, 5.41) is 3.55. The maximum Gasteiger partial charge on any atom is 0.327 e. The second-order valence-corrected chi connectivity index (χ2v) is 6.08. The summed E-state index contributed by atoms with van der Waals surface area (Å²) in [4.78, 5) is 15.0. The SMILES string of the molecule is CCOC(=O)C1(NCc2ccccc2)CN2CCC1CC2. The molecule has 3 heterocycles. The molecule has 21 heavy (non-hydrogen) atoms. The van der Waals surface area contributed by atoms with Gasteiger partial charge in [-0.15, -0.1) is 0 Å². The Morgan fingerprint density at radius 1 is 1.33 bits per heavy atom. The third-order valence-corrected chi connectivity index (χ3v) is 4.85. The van der Waals surface area contributed by atoms with E-state index in [1.165, 1.54) is 5.56 Å². The molecule has 3 aliphatic rings. The first-order valence-electron chi connectivity index (χ1n) is 7.93. The van der Waals surface area contributed by atoms with Crippen molar-refractivity contribution in [2.45, 2.75) is 31.8 Å². The van der Waals surface area contributed by atoms with Crippen molar-refractivity contribution in [2.75, 3.05) is 26.2 Å². The summed E-state index contributed by atoms with van der Waals surface area (Å²) in [6, 6.07) is 10.3. The maximum atomic E-state index is 12.6. The molecule has 3 saturated heterocycles. The van der Waals surface area contributed by atoms with Gasteiger partial charge in [0, 0.05) is 13.1 Å². The van der Waals surface area contributed by atoms with Crippen molar-refractivity contribution in [3.05, 3.63) is 35.9 Å². The first kappa shape index (κ1) is 14.5. The van der Waals surface area contributed by atoms with Crippen LogP contribution in [0.15, 0.2) is 30.3 Å². The quantitative estimate of drug-likeness (QED) is 0.839. The van der Waals surface area contributed by atoms with Crippen LogP contribution in [0.4, 0.5) is 0 Å². The van der Waals surface area contributed by atoms with Crippen LogP contribution >= 0.6 is 0 Å². The van der Waals surface area contributed by atoms with Gasteiger partial charge in [-0.25, -0.2) is 4.79 Å². The molecule has 0 radical (unpaired) electrons. The van der Waals surface area contributed by atoms with Crippen molar-refractivity contribution in [3.63, 3.8) is 0 Å². The van der Waals surface area contributed by atoms with E-state index >= 15 is 0 Å². The van der Waals surface area contributed by atoms with E-state index in [1.54, 1.807) is 0 Å². The zero-order chi connectivity index (χ0) is 14.7. The third-order valence-electron chi connectivity index (χ3n) is 4.85.